The van der Waals surface area contributed by atoms with Gasteiger partial charge in [0.1, 0.15) is 15.0 Å². The SMILES string of the molecule is Cc1ccc(-c2csc3nc(CSC(=S)N4CCCC4)[nH]c(=O)c23)s1. The molecular formula is C17H17N3OS4. The molecule has 1 saturated heterocycles. The van der Waals surface area contributed by atoms with Crippen LogP contribution in [0.5, 0.6) is 0 Å². The Hall–Kier alpha value is -1.22. The number of rotatable bonds is 3. The summed E-state index contributed by atoms with van der Waals surface area (Å²) in [5.41, 5.74) is 0.925. The van der Waals surface area contributed by atoms with Crippen molar-refractivity contribution in [3.8, 4) is 10.4 Å². The zero-order chi connectivity index (χ0) is 17.4. The number of H-pyrrole nitrogens is 1. The van der Waals surface area contributed by atoms with E-state index in [-0.39, 0.29) is 5.56 Å². The Bertz CT molecular complexity index is 981. The van der Waals surface area contributed by atoms with Crippen molar-refractivity contribution in [3.05, 3.63) is 38.6 Å². The van der Waals surface area contributed by atoms with Gasteiger partial charge in [0.2, 0.25) is 0 Å². The first-order valence-electron chi connectivity index (χ1n) is 8.11. The lowest BCUT2D eigenvalue weighted by Crippen LogP contribution is -2.23. The second kappa shape index (κ2) is 7.19. The molecule has 0 atom stereocenters. The highest BCUT2D eigenvalue weighted by Gasteiger charge is 2.17. The van der Waals surface area contributed by atoms with Crippen LogP contribution >= 0.6 is 46.7 Å². The third kappa shape index (κ3) is 3.53. The summed E-state index contributed by atoms with van der Waals surface area (Å²) in [6, 6.07) is 4.15. The lowest BCUT2D eigenvalue weighted by molar-refractivity contribution is 0.539. The van der Waals surface area contributed by atoms with E-state index in [0.717, 1.165) is 32.7 Å². The highest BCUT2D eigenvalue weighted by molar-refractivity contribution is 8.22. The molecule has 0 spiro atoms. The number of nitrogens with zero attached hydrogens (tertiary/aromatic N) is 2. The minimum atomic E-state index is -0.0602. The molecule has 8 heteroatoms. The van der Waals surface area contributed by atoms with Gasteiger partial charge < -0.3 is 9.88 Å². The minimum Gasteiger partial charge on any atom is -0.358 e. The number of aryl methyl sites for hydroxylation is 1. The standard InChI is InChI=1S/C17H17N3OS4/c1-10-4-5-12(25-10)11-8-23-16-14(11)15(21)18-13(19-16)9-24-17(22)20-6-2-3-7-20/h4-5,8H,2-3,6-7,9H2,1H3,(H,18,19,21). The van der Waals surface area contributed by atoms with Gasteiger partial charge >= 0.3 is 0 Å². The molecule has 0 amide bonds. The highest BCUT2D eigenvalue weighted by Crippen LogP contribution is 2.35. The number of thiophene rings is 2. The van der Waals surface area contributed by atoms with Crippen molar-refractivity contribution in [2.24, 2.45) is 0 Å². The summed E-state index contributed by atoms with van der Waals surface area (Å²) in [6.07, 6.45) is 2.42. The van der Waals surface area contributed by atoms with Gasteiger partial charge in [-0.25, -0.2) is 4.98 Å². The summed E-state index contributed by atoms with van der Waals surface area (Å²) in [4.78, 5) is 25.6. The lowest BCUT2D eigenvalue weighted by Gasteiger charge is -2.17. The van der Waals surface area contributed by atoms with Crippen LogP contribution in [0.1, 0.15) is 23.5 Å². The first kappa shape index (κ1) is 17.2. The molecule has 4 nitrogen and oxygen atoms in total. The van der Waals surface area contributed by atoms with Gasteiger partial charge in [-0.1, -0.05) is 24.0 Å². The maximum Gasteiger partial charge on any atom is 0.260 e. The van der Waals surface area contributed by atoms with Crippen LogP contribution in [0.15, 0.2) is 22.3 Å². The van der Waals surface area contributed by atoms with Gasteiger partial charge in [0.25, 0.3) is 5.56 Å². The van der Waals surface area contributed by atoms with Crippen LogP contribution in [-0.2, 0) is 5.75 Å². The van der Waals surface area contributed by atoms with E-state index in [1.807, 2.05) is 5.38 Å². The fourth-order valence-corrected chi connectivity index (χ4v) is 5.99. The molecule has 3 aromatic heterocycles. The van der Waals surface area contributed by atoms with E-state index in [1.165, 1.54) is 29.1 Å². The molecule has 0 bridgehead atoms. The molecule has 3 aromatic rings. The van der Waals surface area contributed by atoms with Crippen LogP contribution in [0.2, 0.25) is 0 Å². The van der Waals surface area contributed by atoms with Gasteiger partial charge in [0.05, 0.1) is 11.1 Å². The number of nitrogens with one attached hydrogen (secondary N) is 1. The third-order valence-electron chi connectivity index (χ3n) is 4.20. The van der Waals surface area contributed by atoms with Gasteiger partial charge in [-0.3, -0.25) is 4.79 Å². The number of hydrogen-bond acceptors (Lipinski definition) is 6. The Kier molecular flexibility index (Phi) is 4.95. The van der Waals surface area contributed by atoms with E-state index >= 15 is 0 Å². The van der Waals surface area contributed by atoms with Gasteiger partial charge in [0.15, 0.2) is 0 Å². The number of fused-ring (bicyclic) bond motifs is 1. The first-order valence-corrected chi connectivity index (χ1v) is 11.2. The van der Waals surface area contributed by atoms with Gasteiger partial charge in [-0.2, -0.15) is 0 Å². The molecule has 4 heterocycles. The summed E-state index contributed by atoms with van der Waals surface area (Å²) >= 11 is 10.3. The van der Waals surface area contributed by atoms with E-state index in [0.29, 0.717) is 17.0 Å². The molecular weight excluding hydrogens is 390 g/mol. The van der Waals surface area contributed by atoms with Crippen LogP contribution in [0, 0.1) is 6.92 Å². The largest absolute Gasteiger partial charge is 0.358 e. The second-order valence-corrected chi connectivity index (χ2v) is 9.76. The van der Waals surface area contributed by atoms with Gasteiger partial charge in [0, 0.05) is 33.8 Å². The topological polar surface area (TPSA) is 49.0 Å². The van der Waals surface area contributed by atoms with E-state index < -0.39 is 0 Å². The predicted octanol–water partition coefficient (Wildman–Crippen LogP) is 4.64. The average Bonchev–Trinajstić information content (AvgIpc) is 3.32. The van der Waals surface area contributed by atoms with Crippen molar-refractivity contribution in [2.45, 2.75) is 25.5 Å². The summed E-state index contributed by atoms with van der Waals surface area (Å²) in [5, 5.41) is 2.73. The Labute approximate surface area is 163 Å². The summed E-state index contributed by atoms with van der Waals surface area (Å²) in [7, 11) is 0. The smallest absolute Gasteiger partial charge is 0.260 e. The summed E-state index contributed by atoms with van der Waals surface area (Å²) in [6.45, 7) is 4.16. The van der Waals surface area contributed by atoms with Crippen molar-refractivity contribution in [1.29, 1.82) is 0 Å². The molecule has 0 saturated carbocycles. The molecule has 0 aromatic carbocycles. The Morgan fingerprint density at radius 3 is 2.92 bits per heavy atom. The monoisotopic (exact) mass is 407 g/mol. The van der Waals surface area contributed by atoms with Crippen molar-refractivity contribution >= 4 is 61.2 Å². The van der Waals surface area contributed by atoms with Crippen molar-refractivity contribution in [3.63, 3.8) is 0 Å². The predicted molar refractivity (Wildman–Crippen MR) is 113 cm³/mol. The number of thiocarbonyl (C=S) groups is 1. The number of hydrogen-bond donors (Lipinski definition) is 1. The molecule has 0 radical (unpaired) electrons. The maximum atomic E-state index is 12.6. The molecule has 0 unspecified atom stereocenters. The van der Waals surface area contributed by atoms with Gasteiger partial charge in [-0.15, -0.1) is 22.7 Å². The van der Waals surface area contributed by atoms with Crippen LogP contribution < -0.4 is 5.56 Å². The molecule has 130 valence electrons. The number of aromatic nitrogens is 2. The van der Waals surface area contributed by atoms with Crippen LogP contribution in [0.3, 0.4) is 0 Å². The summed E-state index contributed by atoms with van der Waals surface area (Å²) < 4.78 is 0.904. The second-order valence-electron chi connectivity index (χ2n) is 6.00. The van der Waals surface area contributed by atoms with Gasteiger partial charge in [-0.05, 0) is 31.9 Å². The quantitative estimate of drug-likeness (QED) is 0.641. The fraction of sp³-hybridized carbons (Fsp3) is 0.353. The lowest BCUT2D eigenvalue weighted by atomic mass is 10.2. The Balaban J connectivity index is 1.58. The molecule has 0 aliphatic carbocycles. The Morgan fingerprint density at radius 2 is 2.20 bits per heavy atom. The fourth-order valence-electron chi connectivity index (χ4n) is 2.94. The molecule has 25 heavy (non-hydrogen) atoms. The number of aromatic amines is 1. The van der Waals surface area contributed by atoms with E-state index in [1.54, 1.807) is 23.1 Å². The zero-order valence-corrected chi connectivity index (χ0v) is 17.0. The number of thioether (sulfide) groups is 1. The third-order valence-corrected chi connectivity index (χ3v) is 7.64. The van der Waals surface area contributed by atoms with Crippen molar-refractivity contribution in [1.82, 2.24) is 14.9 Å². The Morgan fingerprint density at radius 1 is 1.40 bits per heavy atom. The van der Waals surface area contributed by atoms with Crippen molar-refractivity contribution in [2.75, 3.05) is 13.1 Å². The molecule has 1 fully saturated rings. The molecule has 4 rings (SSSR count). The van der Waals surface area contributed by atoms with E-state index in [4.69, 9.17) is 12.2 Å². The van der Waals surface area contributed by atoms with Crippen LogP contribution in [-0.4, -0.2) is 32.3 Å². The number of likely N-dealkylation sites (tertiary alicyclic amines) is 1. The summed E-state index contributed by atoms with van der Waals surface area (Å²) in [5.74, 6) is 1.30. The van der Waals surface area contributed by atoms with Crippen LogP contribution in [0.4, 0.5) is 0 Å². The first-order chi connectivity index (χ1) is 12.1. The molecule has 1 aliphatic rings. The minimum absolute atomic E-state index is 0.0602. The van der Waals surface area contributed by atoms with E-state index in [9.17, 15) is 4.79 Å². The normalized spacial score (nSPS) is 14.5. The highest BCUT2D eigenvalue weighted by atomic mass is 32.2. The van der Waals surface area contributed by atoms with Crippen LogP contribution in [0.25, 0.3) is 20.7 Å². The average molecular weight is 408 g/mol. The molecule has 1 aliphatic heterocycles. The maximum absolute atomic E-state index is 12.6. The zero-order valence-electron chi connectivity index (χ0n) is 13.7. The molecule has 1 N–H and O–H groups in total. The van der Waals surface area contributed by atoms with E-state index in [2.05, 4.69) is 33.9 Å². The van der Waals surface area contributed by atoms with Crippen molar-refractivity contribution < 1.29 is 0 Å².